The summed E-state index contributed by atoms with van der Waals surface area (Å²) < 4.78 is 5.59. The minimum Gasteiger partial charge on any atom is -0.393 e. The van der Waals surface area contributed by atoms with E-state index < -0.39 is 0 Å². The molecule has 1 aromatic rings. The molecule has 1 amide bonds. The van der Waals surface area contributed by atoms with E-state index in [-0.39, 0.29) is 24.0 Å². The van der Waals surface area contributed by atoms with Crippen LogP contribution in [0.3, 0.4) is 0 Å². The quantitative estimate of drug-likeness (QED) is 0.829. The van der Waals surface area contributed by atoms with Crippen molar-refractivity contribution in [2.24, 2.45) is 5.92 Å². The van der Waals surface area contributed by atoms with Gasteiger partial charge < -0.3 is 15.2 Å². The lowest BCUT2D eigenvalue weighted by Gasteiger charge is -2.39. The summed E-state index contributed by atoms with van der Waals surface area (Å²) in [5.74, 6) is 0.231. The van der Waals surface area contributed by atoms with Crippen LogP contribution in [0.5, 0.6) is 0 Å². The van der Waals surface area contributed by atoms with Crippen LogP contribution in [-0.2, 0) is 16.1 Å². The normalized spacial score (nSPS) is 28.7. The zero-order valence-electron chi connectivity index (χ0n) is 13.4. The van der Waals surface area contributed by atoms with Crippen LogP contribution in [0, 0.1) is 5.92 Å². The smallest absolute Gasteiger partial charge is 0.234 e. The predicted octanol–water partition coefficient (Wildman–Crippen LogP) is 0.560. The van der Waals surface area contributed by atoms with Gasteiger partial charge in [0, 0.05) is 37.4 Å². The van der Waals surface area contributed by atoms with Crippen LogP contribution in [-0.4, -0.2) is 59.3 Å². The van der Waals surface area contributed by atoms with Gasteiger partial charge in [0.2, 0.25) is 5.91 Å². The number of carbonyl (C=O) groups is 1. The van der Waals surface area contributed by atoms with Gasteiger partial charge in [0.1, 0.15) is 0 Å². The second-order valence-corrected chi connectivity index (χ2v) is 6.41. The third-order valence-corrected chi connectivity index (χ3v) is 4.87. The number of carbonyl (C=O) groups excluding carboxylic acids is 1. The molecule has 0 aromatic carbocycles. The number of nitrogens with zero attached hydrogens (tertiary/aromatic N) is 2. The maximum absolute atomic E-state index is 12.3. The van der Waals surface area contributed by atoms with E-state index >= 15 is 0 Å². The fraction of sp³-hybridized carbons (Fsp3) is 0.647. The standard InChI is InChI=1S/C17H25N3O3/c21-16-5-1-4-14(16)15-12-23-8-7-20(15)11-17(22)19-10-13-3-2-6-18-9-13/h2-3,6,9,14-16,21H,1,4-5,7-8,10-12H2,(H,19,22). The van der Waals surface area contributed by atoms with E-state index in [9.17, 15) is 9.90 Å². The summed E-state index contributed by atoms with van der Waals surface area (Å²) in [6.45, 7) is 2.85. The third-order valence-electron chi connectivity index (χ3n) is 4.87. The highest BCUT2D eigenvalue weighted by atomic mass is 16.5. The Morgan fingerprint density at radius 3 is 3.13 bits per heavy atom. The molecule has 2 aliphatic rings. The summed E-state index contributed by atoms with van der Waals surface area (Å²) in [4.78, 5) is 18.5. The molecule has 1 saturated carbocycles. The SMILES string of the molecule is O=C(CN1CCOCC1C1CCCC1O)NCc1cccnc1. The highest BCUT2D eigenvalue weighted by Gasteiger charge is 2.38. The van der Waals surface area contributed by atoms with Crippen molar-refractivity contribution in [3.05, 3.63) is 30.1 Å². The number of ether oxygens (including phenoxy) is 1. The first-order valence-corrected chi connectivity index (χ1v) is 8.39. The first-order valence-electron chi connectivity index (χ1n) is 8.39. The monoisotopic (exact) mass is 319 g/mol. The third kappa shape index (κ3) is 4.28. The molecule has 1 saturated heterocycles. The van der Waals surface area contributed by atoms with Crippen LogP contribution in [0.15, 0.2) is 24.5 Å². The van der Waals surface area contributed by atoms with Crippen molar-refractivity contribution in [1.82, 2.24) is 15.2 Å². The number of aliphatic hydroxyl groups is 1. The Balaban J connectivity index is 1.53. The molecule has 1 aliphatic heterocycles. The van der Waals surface area contributed by atoms with Gasteiger partial charge in [-0.3, -0.25) is 14.7 Å². The van der Waals surface area contributed by atoms with Crippen LogP contribution in [0.25, 0.3) is 0 Å². The number of hydrogen-bond donors (Lipinski definition) is 2. The second-order valence-electron chi connectivity index (χ2n) is 6.41. The van der Waals surface area contributed by atoms with Gasteiger partial charge in [-0.1, -0.05) is 12.5 Å². The Bertz CT molecular complexity index is 511. The Hall–Kier alpha value is -1.50. The van der Waals surface area contributed by atoms with Crippen LogP contribution in [0.2, 0.25) is 0 Å². The summed E-state index contributed by atoms with van der Waals surface area (Å²) in [5.41, 5.74) is 0.991. The molecule has 2 heterocycles. The number of nitrogens with one attached hydrogen (secondary N) is 1. The first kappa shape index (κ1) is 16.4. The summed E-state index contributed by atoms with van der Waals surface area (Å²) in [5, 5.41) is 13.1. The minimum absolute atomic E-state index is 0.00763. The van der Waals surface area contributed by atoms with E-state index in [2.05, 4.69) is 15.2 Å². The zero-order chi connectivity index (χ0) is 16.1. The molecule has 126 valence electrons. The lowest BCUT2D eigenvalue weighted by atomic mass is 9.94. The number of aliphatic hydroxyl groups excluding tert-OH is 1. The molecule has 2 fully saturated rings. The highest BCUT2D eigenvalue weighted by Crippen LogP contribution is 2.32. The van der Waals surface area contributed by atoms with Crippen LogP contribution >= 0.6 is 0 Å². The Morgan fingerprint density at radius 2 is 2.39 bits per heavy atom. The number of aromatic nitrogens is 1. The molecule has 0 spiro atoms. The number of hydrogen-bond acceptors (Lipinski definition) is 5. The van der Waals surface area contributed by atoms with Gasteiger partial charge in [0.05, 0.1) is 25.9 Å². The van der Waals surface area contributed by atoms with E-state index in [4.69, 9.17) is 4.74 Å². The van der Waals surface area contributed by atoms with Gasteiger partial charge in [0.15, 0.2) is 0 Å². The number of amides is 1. The van der Waals surface area contributed by atoms with Crippen molar-refractivity contribution in [2.75, 3.05) is 26.3 Å². The van der Waals surface area contributed by atoms with Gasteiger partial charge in [-0.25, -0.2) is 0 Å². The summed E-state index contributed by atoms with van der Waals surface area (Å²) >= 11 is 0. The van der Waals surface area contributed by atoms with Crippen LogP contribution in [0.4, 0.5) is 0 Å². The molecule has 3 atom stereocenters. The average Bonchev–Trinajstić information content (AvgIpc) is 3.00. The lowest BCUT2D eigenvalue weighted by molar-refractivity contribution is -0.126. The van der Waals surface area contributed by atoms with Crippen molar-refractivity contribution in [2.45, 2.75) is 38.0 Å². The molecule has 6 heteroatoms. The van der Waals surface area contributed by atoms with Gasteiger partial charge in [-0.05, 0) is 24.5 Å². The van der Waals surface area contributed by atoms with Crippen molar-refractivity contribution in [3.8, 4) is 0 Å². The molecule has 1 aromatic heterocycles. The average molecular weight is 319 g/mol. The topological polar surface area (TPSA) is 74.7 Å². The van der Waals surface area contributed by atoms with Gasteiger partial charge >= 0.3 is 0 Å². The van der Waals surface area contributed by atoms with E-state index in [0.717, 1.165) is 31.4 Å². The van der Waals surface area contributed by atoms with Crippen LogP contribution in [0.1, 0.15) is 24.8 Å². The lowest BCUT2D eigenvalue weighted by Crippen LogP contribution is -2.53. The van der Waals surface area contributed by atoms with Crippen molar-refractivity contribution < 1.29 is 14.6 Å². The Kier molecular flexibility index (Phi) is 5.59. The first-order chi connectivity index (χ1) is 11.2. The highest BCUT2D eigenvalue weighted by molar-refractivity contribution is 5.78. The second kappa shape index (κ2) is 7.86. The van der Waals surface area contributed by atoms with E-state index in [1.165, 1.54) is 0 Å². The largest absolute Gasteiger partial charge is 0.393 e. The molecular formula is C17H25N3O3. The van der Waals surface area contributed by atoms with Gasteiger partial charge in [0.25, 0.3) is 0 Å². The Morgan fingerprint density at radius 1 is 1.48 bits per heavy atom. The van der Waals surface area contributed by atoms with E-state index in [1.54, 1.807) is 12.4 Å². The van der Waals surface area contributed by atoms with Gasteiger partial charge in [-0.2, -0.15) is 0 Å². The minimum atomic E-state index is -0.261. The fourth-order valence-electron chi connectivity index (χ4n) is 3.61. The predicted molar refractivity (Wildman–Crippen MR) is 85.6 cm³/mol. The molecular weight excluding hydrogens is 294 g/mol. The number of pyridine rings is 1. The molecule has 23 heavy (non-hydrogen) atoms. The van der Waals surface area contributed by atoms with Crippen molar-refractivity contribution >= 4 is 5.91 Å². The Labute approximate surface area is 136 Å². The number of rotatable bonds is 5. The molecule has 1 aliphatic carbocycles. The number of morpholine rings is 1. The van der Waals surface area contributed by atoms with Crippen LogP contribution < -0.4 is 5.32 Å². The van der Waals surface area contributed by atoms with Crippen molar-refractivity contribution in [3.63, 3.8) is 0 Å². The summed E-state index contributed by atoms with van der Waals surface area (Å²) in [6, 6.07) is 3.95. The molecule has 2 N–H and O–H groups in total. The maximum atomic E-state index is 12.3. The van der Waals surface area contributed by atoms with Crippen molar-refractivity contribution in [1.29, 1.82) is 0 Å². The molecule has 6 nitrogen and oxygen atoms in total. The van der Waals surface area contributed by atoms with E-state index in [0.29, 0.717) is 26.3 Å². The maximum Gasteiger partial charge on any atom is 0.234 e. The molecule has 3 unspecified atom stereocenters. The summed E-state index contributed by atoms with van der Waals surface area (Å²) in [7, 11) is 0. The summed E-state index contributed by atoms with van der Waals surface area (Å²) in [6.07, 6.45) is 6.15. The fourth-order valence-corrected chi connectivity index (χ4v) is 3.61. The molecule has 3 rings (SSSR count). The molecule has 0 radical (unpaired) electrons. The van der Waals surface area contributed by atoms with Gasteiger partial charge in [-0.15, -0.1) is 0 Å². The molecule has 0 bridgehead atoms. The van der Waals surface area contributed by atoms with E-state index in [1.807, 2.05) is 12.1 Å². The zero-order valence-corrected chi connectivity index (χ0v) is 13.4.